The Morgan fingerprint density at radius 3 is 2.90 bits per heavy atom. The molecule has 2 rings (SSSR count). The Morgan fingerprint density at radius 2 is 2.24 bits per heavy atom. The average molecular weight is 329 g/mol. The van der Waals surface area contributed by atoms with Crippen LogP contribution in [0.1, 0.15) is 40.3 Å². The van der Waals surface area contributed by atoms with Crippen LogP contribution in [0.15, 0.2) is 5.38 Å². The first-order chi connectivity index (χ1) is 9.87. The number of carbonyl (C=O) groups is 1. The Kier molecular flexibility index (Phi) is 5.20. The fourth-order valence-electron chi connectivity index (χ4n) is 2.30. The molecule has 1 aromatic heterocycles. The standard InChI is InChI=1S/C15H24N2O2S2/c1-6-19-13(18)15(4,5)12-9-21-14(16-12)17-7-8-20-11(3)10(17)2/h9-11H,6-8H2,1-5H3. The van der Waals surface area contributed by atoms with Gasteiger partial charge in [-0.25, -0.2) is 4.98 Å². The Hall–Kier alpha value is -0.750. The lowest BCUT2D eigenvalue weighted by molar-refractivity contribution is -0.148. The Bertz CT molecular complexity index is 502. The summed E-state index contributed by atoms with van der Waals surface area (Å²) < 4.78 is 5.16. The van der Waals surface area contributed by atoms with Crippen LogP contribution in [0.4, 0.5) is 5.13 Å². The summed E-state index contributed by atoms with van der Waals surface area (Å²) in [5, 5.41) is 3.61. The lowest BCUT2D eigenvalue weighted by Gasteiger charge is -2.37. The molecular weight excluding hydrogens is 304 g/mol. The molecule has 118 valence electrons. The van der Waals surface area contributed by atoms with Crippen LogP contribution in [0.25, 0.3) is 0 Å². The molecule has 0 amide bonds. The molecule has 0 bridgehead atoms. The van der Waals surface area contributed by atoms with Crippen LogP contribution >= 0.6 is 23.1 Å². The molecule has 0 radical (unpaired) electrons. The minimum absolute atomic E-state index is 0.211. The van der Waals surface area contributed by atoms with Gasteiger partial charge in [0.15, 0.2) is 5.13 Å². The monoisotopic (exact) mass is 328 g/mol. The van der Waals surface area contributed by atoms with Crippen LogP contribution in [-0.4, -0.2) is 41.1 Å². The summed E-state index contributed by atoms with van der Waals surface area (Å²) in [6.07, 6.45) is 0. The molecule has 0 aromatic carbocycles. The highest BCUT2D eigenvalue weighted by Gasteiger charge is 2.35. The largest absolute Gasteiger partial charge is 0.465 e. The van der Waals surface area contributed by atoms with Crippen molar-refractivity contribution in [2.24, 2.45) is 0 Å². The first-order valence-corrected chi connectivity index (χ1v) is 9.32. The number of carbonyl (C=O) groups excluding carboxylic acids is 1. The fraction of sp³-hybridized carbons (Fsp3) is 0.733. The summed E-state index contributed by atoms with van der Waals surface area (Å²) in [4.78, 5) is 19.2. The van der Waals surface area contributed by atoms with E-state index in [9.17, 15) is 4.79 Å². The van der Waals surface area contributed by atoms with Gasteiger partial charge in [0.25, 0.3) is 0 Å². The molecule has 2 atom stereocenters. The number of hydrogen-bond donors (Lipinski definition) is 0. The average Bonchev–Trinajstić information content (AvgIpc) is 2.92. The van der Waals surface area contributed by atoms with Gasteiger partial charge in [-0.1, -0.05) is 6.92 Å². The molecule has 1 fully saturated rings. The van der Waals surface area contributed by atoms with Crippen molar-refractivity contribution in [2.75, 3.05) is 23.8 Å². The maximum Gasteiger partial charge on any atom is 0.317 e. The normalized spacial score (nSPS) is 23.2. The molecule has 6 heteroatoms. The third kappa shape index (κ3) is 3.37. The van der Waals surface area contributed by atoms with E-state index < -0.39 is 5.41 Å². The van der Waals surface area contributed by atoms with Crippen LogP contribution in [0.3, 0.4) is 0 Å². The number of aromatic nitrogens is 1. The van der Waals surface area contributed by atoms with Gasteiger partial charge in [0.2, 0.25) is 0 Å². The summed E-state index contributed by atoms with van der Waals surface area (Å²) in [5.74, 6) is 0.916. The number of thiazole rings is 1. The van der Waals surface area contributed by atoms with E-state index in [1.54, 1.807) is 11.3 Å². The zero-order chi connectivity index (χ0) is 15.6. The molecule has 1 aromatic rings. The Labute approximate surface area is 135 Å². The number of hydrogen-bond acceptors (Lipinski definition) is 6. The van der Waals surface area contributed by atoms with E-state index >= 15 is 0 Å². The van der Waals surface area contributed by atoms with E-state index in [-0.39, 0.29) is 5.97 Å². The quantitative estimate of drug-likeness (QED) is 0.793. The molecular formula is C15H24N2O2S2. The van der Waals surface area contributed by atoms with Gasteiger partial charge in [-0.3, -0.25) is 4.79 Å². The van der Waals surface area contributed by atoms with Crippen LogP contribution in [0, 0.1) is 0 Å². The van der Waals surface area contributed by atoms with Gasteiger partial charge in [0.05, 0.1) is 12.3 Å². The number of rotatable bonds is 4. The zero-order valence-electron chi connectivity index (χ0n) is 13.4. The van der Waals surface area contributed by atoms with Crippen molar-refractivity contribution >= 4 is 34.2 Å². The Balaban J connectivity index is 2.19. The van der Waals surface area contributed by atoms with Crippen molar-refractivity contribution in [2.45, 2.75) is 51.3 Å². The zero-order valence-corrected chi connectivity index (χ0v) is 15.0. The highest BCUT2D eigenvalue weighted by atomic mass is 32.2. The molecule has 21 heavy (non-hydrogen) atoms. The van der Waals surface area contributed by atoms with Gasteiger partial charge in [-0.05, 0) is 27.7 Å². The van der Waals surface area contributed by atoms with E-state index in [2.05, 4.69) is 18.7 Å². The van der Waals surface area contributed by atoms with Gasteiger partial charge in [0, 0.05) is 29.0 Å². The molecule has 2 unspecified atom stereocenters. The Morgan fingerprint density at radius 1 is 1.52 bits per heavy atom. The summed E-state index contributed by atoms with van der Waals surface area (Å²) in [5.41, 5.74) is 0.114. The molecule has 0 N–H and O–H groups in total. The molecule has 2 heterocycles. The van der Waals surface area contributed by atoms with Gasteiger partial charge in [-0.15, -0.1) is 11.3 Å². The number of anilines is 1. The lowest BCUT2D eigenvalue weighted by atomic mass is 9.90. The van der Waals surface area contributed by atoms with Crippen molar-refractivity contribution in [1.82, 2.24) is 4.98 Å². The molecule has 0 aliphatic carbocycles. The molecule has 1 aliphatic rings. The number of ether oxygens (including phenoxy) is 1. The highest BCUT2D eigenvalue weighted by Crippen LogP contribution is 2.34. The van der Waals surface area contributed by atoms with Gasteiger partial charge >= 0.3 is 5.97 Å². The van der Waals surface area contributed by atoms with Crippen molar-refractivity contribution in [3.05, 3.63) is 11.1 Å². The maximum atomic E-state index is 12.1. The molecule has 0 saturated carbocycles. The topological polar surface area (TPSA) is 42.4 Å². The van der Waals surface area contributed by atoms with Gasteiger partial charge in [-0.2, -0.15) is 11.8 Å². The van der Waals surface area contributed by atoms with Gasteiger partial charge < -0.3 is 9.64 Å². The summed E-state index contributed by atoms with van der Waals surface area (Å²) in [6, 6.07) is 0.466. The molecule has 0 spiro atoms. The fourth-order valence-corrected chi connectivity index (χ4v) is 4.51. The van der Waals surface area contributed by atoms with Crippen LogP contribution in [0.5, 0.6) is 0 Å². The van der Waals surface area contributed by atoms with E-state index in [1.807, 2.05) is 37.9 Å². The van der Waals surface area contributed by atoms with Crippen LogP contribution in [-0.2, 0) is 14.9 Å². The van der Waals surface area contributed by atoms with Crippen molar-refractivity contribution < 1.29 is 9.53 Å². The minimum atomic E-state index is -0.690. The SMILES string of the molecule is CCOC(=O)C(C)(C)c1csc(N2CCSC(C)C2C)n1. The highest BCUT2D eigenvalue weighted by molar-refractivity contribution is 8.00. The first kappa shape index (κ1) is 16.6. The second kappa shape index (κ2) is 6.57. The third-order valence-electron chi connectivity index (χ3n) is 4.05. The summed E-state index contributed by atoms with van der Waals surface area (Å²) >= 11 is 3.63. The van der Waals surface area contributed by atoms with Crippen LogP contribution < -0.4 is 4.90 Å². The van der Waals surface area contributed by atoms with E-state index in [1.165, 1.54) is 0 Å². The smallest absolute Gasteiger partial charge is 0.317 e. The number of thioether (sulfide) groups is 1. The van der Waals surface area contributed by atoms with Crippen LogP contribution in [0.2, 0.25) is 0 Å². The maximum absolute atomic E-state index is 12.1. The number of esters is 1. The van der Waals surface area contributed by atoms with Crippen molar-refractivity contribution in [3.63, 3.8) is 0 Å². The second-order valence-electron chi connectivity index (χ2n) is 5.87. The summed E-state index contributed by atoms with van der Waals surface area (Å²) in [6.45, 7) is 11.5. The predicted molar refractivity (Wildman–Crippen MR) is 90.5 cm³/mol. The molecule has 1 aliphatic heterocycles. The van der Waals surface area contributed by atoms with Crippen molar-refractivity contribution in [3.8, 4) is 0 Å². The first-order valence-electron chi connectivity index (χ1n) is 7.39. The summed E-state index contributed by atoms with van der Waals surface area (Å²) in [7, 11) is 0. The van der Waals surface area contributed by atoms with E-state index in [0.717, 1.165) is 23.1 Å². The minimum Gasteiger partial charge on any atom is -0.465 e. The second-order valence-corrected chi connectivity index (χ2v) is 8.19. The third-order valence-corrected chi connectivity index (χ3v) is 6.26. The molecule has 1 saturated heterocycles. The van der Waals surface area contributed by atoms with Crippen molar-refractivity contribution in [1.29, 1.82) is 0 Å². The lowest BCUT2D eigenvalue weighted by Crippen LogP contribution is -2.44. The predicted octanol–water partition coefficient (Wildman–Crippen LogP) is 3.31. The van der Waals surface area contributed by atoms with E-state index in [4.69, 9.17) is 9.72 Å². The van der Waals surface area contributed by atoms with E-state index in [0.29, 0.717) is 17.9 Å². The molecule has 4 nitrogen and oxygen atoms in total. The van der Waals surface area contributed by atoms with Gasteiger partial charge in [0.1, 0.15) is 5.41 Å². The number of nitrogens with zero attached hydrogens (tertiary/aromatic N) is 2.